The Bertz CT molecular complexity index is 1110. The Morgan fingerprint density at radius 1 is 0.644 bits per heavy atom. The van der Waals surface area contributed by atoms with E-state index in [2.05, 4.69) is 31.1 Å². The van der Waals surface area contributed by atoms with Gasteiger partial charge in [0.1, 0.15) is 12.4 Å². The second-order valence-corrected chi connectivity index (χ2v) is 9.73. The van der Waals surface area contributed by atoms with E-state index in [-0.39, 0.29) is 13.0 Å². The molecule has 0 radical (unpaired) electrons. The van der Waals surface area contributed by atoms with Crippen LogP contribution in [-0.4, -0.2) is 67.3 Å². The average molecular weight is 669 g/mol. The SMILES string of the molecule is CCCCCCCOc1cnc(-c2ccc(OCCCCCOCC(F)(F)OC(F)(F)C(F)(F)OC(F)(F)C(F)F)cc2)nc1. The van der Waals surface area contributed by atoms with Crippen LogP contribution in [0.15, 0.2) is 36.7 Å². The molecule has 1 aromatic carbocycles. The van der Waals surface area contributed by atoms with Crippen molar-refractivity contribution in [1.29, 1.82) is 0 Å². The highest BCUT2D eigenvalue weighted by atomic mass is 19.3. The van der Waals surface area contributed by atoms with Crippen LogP contribution in [0.4, 0.5) is 43.9 Å². The first-order chi connectivity index (χ1) is 21.1. The Hall–Kier alpha value is -2.92. The molecule has 0 fully saturated rings. The average Bonchev–Trinajstić information content (AvgIpc) is 2.95. The lowest BCUT2D eigenvalue weighted by molar-refractivity contribution is -0.521. The summed E-state index contributed by atoms with van der Waals surface area (Å²) in [6, 6.07) is 6.91. The fourth-order valence-electron chi connectivity index (χ4n) is 3.55. The fourth-order valence-corrected chi connectivity index (χ4v) is 3.55. The molecule has 1 heterocycles. The second kappa shape index (κ2) is 17.7. The van der Waals surface area contributed by atoms with Crippen LogP contribution in [0, 0.1) is 0 Å². The number of unbranched alkanes of at least 4 members (excludes halogenated alkanes) is 6. The molecular weight excluding hydrogens is 634 g/mol. The highest BCUT2D eigenvalue weighted by Crippen LogP contribution is 2.44. The Kier molecular flexibility index (Phi) is 15.0. The number of hydrogen-bond donors (Lipinski definition) is 0. The number of aromatic nitrogens is 2. The Labute approximate surface area is 253 Å². The zero-order valence-electron chi connectivity index (χ0n) is 24.2. The normalized spacial score (nSPS) is 13.0. The third kappa shape index (κ3) is 13.5. The molecule has 0 saturated carbocycles. The number of benzene rings is 1. The lowest BCUT2D eigenvalue weighted by Gasteiger charge is -2.30. The molecule has 2 rings (SSSR count). The molecule has 0 amide bonds. The predicted molar refractivity (Wildman–Crippen MR) is 140 cm³/mol. The fraction of sp³-hybridized carbons (Fsp3) is 0.643. The maximum absolute atomic E-state index is 13.5. The molecule has 17 heteroatoms. The molecule has 0 saturated heterocycles. The maximum atomic E-state index is 13.5. The molecular formula is C28H34F10N2O5. The van der Waals surface area contributed by atoms with Gasteiger partial charge < -0.3 is 14.2 Å². The number of nitrogens with zero attached hydrogens (tertiary/aromatic N) is 2. The van der Waals surface area contributed by atoms with Gasteiger partial charge in [0.05, 0.1) is 25.6 Å². The summed E-state index contributed by atoms with van der Waals surface area (Å²) in [7, 11) is 0. The van der Waals surface area contributed by atoms with Crippen LogP contribution in [-0.2, 0) is 14.2 Å². The Morgan fingerprint density at radius 2 is 1.16 bits per heavy atom. The van der Waals surface area contributed by atoms with Crippen LogP contribution < -0.4 is 9.47 Å². The largest absolute Gasteiger partial charge is 0.494 e. The van der Waals surface area contributed by atoms with Crippen molar-refractivity contribution >= 4 is 0 Å². The van der Waals surface area contributed by atoms with Gasteiger partial charge in [0, 0.05) is 12.2 Å². The van der Waals surface area contributed by atoms with Crippen LogP contribution in [0.3, 0.4) is 0 Å². The van der Waals surface area contributed by atoms with Gasteiger partial charge in [-0.3, -0.25) is 0 Å². The highest BCUT2D eigenvalue weighted by Gasteiger charge is 2.68. The quantitative estimate of drug-likeness (QED) is 0.0867. The number of alkyl halides is 10. The van der Waals surface area contributed by atoms with E-state index < -0.39 is 44.1 Å². The summed E-state index contributed by atoms with van der Waals surface area (Å²) in [5.74, 6) is 1.60. The summed E-state index contributed by atoms with van der Waals surface area (Å²) in [5.41, 5.74) is 0.742. The lowest BCUT2D eigenvalue weighted by atomic mass is 10.2. The van der Waals surface area contributed by atoms with Gasteiger partial charge in [-0.15, -0.1) is 0 Å². The minimum absolute atomic E-state index is 0.130. The topological polar surface area (TPSA) is 71.9 Å². The van der Waals surface area contributed by atoms with Gasteiger partial charge in [0.25, 0.3) is 0 Å². The Balaban J connectivity index is 1.64. The van der Waals surface area contributed by atoms with E-state index in [0.29, 0.717) is 36.8 Å². The molecule has 2 aromatic rings. The van der Waals surface area contributed by atoms with E-state index in [1.165, 1.54) is 19.3 Å². The van der Waals surface area contributed by atoms with Crippen molar-refractivity contribution < 1.29 is 67.6 Å². The standard InChI is InChI=1S/C28H34F10N2O5/c1-2-3-4-5-8-16-43-22-17-39-23(40-18-22)20-10-12-21(13-11-20)42-15-9-6-7-14-41-19-25(31,32)44-27(35,36)28(37,38)45-26(33,34)24(29)30/h10-13,17-18,24H,2-9,14-16,19H2,1H3. The lowest BCUT2D eigenvalue weighted by Crippen LogP contribution is -2.53. The van der Waals surface area contributed by atoms with Crippen molar-refractivity contribution in [2.75, 3.05) is 26.4 Å². The van der Waals surface area contributed by atoms with Gasteiger partial charge in [0.2, 0.25) is 0 Å². The minimum Gasteiger partial charge on any atom is -0.494 e. The van der Waals surface area contributed by atoms with Crippen LogP contribution >= 0.6 is 0 Å². The van der Waals surface area contributed by atoms with Crippen LogP contribution in [0.25, 0.3) is 11.4 Å². The highest BCUT2D eigenvalue weighted by molar-refractivity contribution is 5.56. The first kappa shape index (κ1) is 38.3. The monoisotopic (exact) mass is 668 g/mol. The van der Waals surface area contributed by atoms with E-state index in [9.17, 15) is 43.9 Å². The molecule has 0 bridgehead atoms. The molecule has 0 N–H and O–H groups in total. The van der Waals surface area contributed by atoms with E-state index in [4.69, 9.17) is 9.47 Å². The molecule has 0 spiro atoms. The van der Waals surface area contributed by atoms with Crippen molar-refractivity contribution in [2.24, 2.45) is 0 Å². The summed E-state index contributed by atoms with van der Waals surface area (Å²) in [5, 5.41) is 0. The zero-order valence-corrected chi connectivity index (χ0v) is 24.2. The van der Waals surface area contributed by atoms with Gasteiger partial charge in [0.15, 0.2) is 11.6 Å². The van der Waals surface area contributed by atoms with E-state index >= 15 is 0 Å². The van der Waals surface area contributed by atoms with E-state index in [1.807, 2.05) is 0 Å². The molecule has 0 unspecified atom stereocenters. The Morgan fingerprint density at radius 3 is 1.73 bits per heavy atom. The third-order valence-electron chi connectivity index (χ3n) is 5.86. The molecule has 0 aliphatic heterocycles. The molecule has 7 nitrogen and oxygen atoms in total. The van der Waals surface area contributed by atoms with Gasteiger partial charge >= 0.3 is 30.9 Å². The molecule has 0 atom stereocenters. The van der Waals surface area contributed by atoms with Gasteiger partial charge in [-0.25, -0.2) is 28.2 Å². The van der Waals surface area contributed by atoms with Crippen molar-refractivity contribution in [3.8, 4) is 22.9 Å². The summed E-state index contributed by atoms with van der Waals surface area (Å²) >= 11 is 0. The number of halogens is 10. The van der Waals surface area contributed by atoms with Crippen molar-refractivity contribution in [3.05, 3.63) is 36.7 Å². The van der Waals surface area contributed by atoms with Crippen molar-refractivity contribution in [3.63, 3.8) is 0 Å². The molecule has 1 aromatic heterocycles. The zero-order chi connectivity index (χ0) is 33.6. The third-order valence-corrected chi connectivity index (χ3v) is 5.86. The first-order valence-electron chi connectivity index (χ1n) is 14.0. The maximum Gasteiger partial charge on any atom is 0.453 e. The van der Waals surface area contributed by atoms with Gasteiger partial charge in [-0.2, -0.15) is 35.1 Å². The van der Waals surface area contributed by atoms with Crippen LogP contribution in [0.5, 0.6) is 11.5 Å². The van der Waals surface area contributed by atoms with Gasteiger partial charge in [-0.05, 0) is 49.9 Å². The molecule has 45 heavy (non-hydrogen) atoms. The smallest absolute Gasteiger partial charge is 0.453 e. The summed E-state index contributed by atoms with van der Waals surface area (Å²) in [4.78, 5) is 8.62. The molecule has 0 aliphatic carbocycles. The molecule has 256 valence electrons. The minimum atomic E-state index is -6.52. The number of hydrogen-bond acceptors (Lipinski definition) is 7. The molecule has 0 aliphatic rings. The van der Waals surface area contributed by atoms with E-state index in [1.54, 1.807) is 36.7 Å². The van der Waals surface area contributed by atoms with Crippen molar-refractivity contribution in [2.45, 2.75) is 89.2 Å². The predicted octanol–water partition coefficient (Wildman–Crippen LogP) is 8.73. The summed E-state index contributed by atoms with van der Waals surface area (Å²) in [6.07, 6.45) is -19.2. The number of rotatable bonds is 23. The summed E-state index contributed by atoms with van der Waals surface area (Å²) < 4.78 is 149. The number of ether oxygens (including phenoxy) is 5. The van der Waals surface area contributed by atoms with Gasteiger partial charge in [-0.1, -0.05) is 32.6 Å². The van der Waals surface area contributed by atoms with Crippen molar-refractivity contribution in [1.82, 2.24) is 9.97 Å². The van der Waals surface area contributed by atoms with Crippen LogP contribution in [0.2, 0.25) is 0 Å². The summed E-state index contributed by atoms with van der Waals surface area (Å²) in [6.45, 7) is 0.593. The first-order valence-corrected chi connectivity index (χ1v) is 14.0. The van der Waals surface area contributed by atoms with Crippen LogP contribution in [0.1, 0.15) is 58.3 Å². The second-order valence-electron chi connectivity index (χ2n) is 9.73. The van der Waals surface area contributed by atoms with E-state index in [0.717, 1.165) is 18.4 Å².